The maximum atomic E-state index is 11.5. The van der Waals surface area contributed by atoms with Crippen LogP contribution < -0.4 is 0 Å². The molecule has 2 rings (SSSR count). The monoisotopic (exact) mass is 254 g/mol. The van der Waals surface area contributed by atoms with Crippen molar-refractivity contribution in [2.24, 2.45) is 0 Å². The second-order valence-corrected chi connectivity index (χ2v) is 6.06. The second-order valence-electron chi connectivity index (χ2n) is 3.34. The van der Waals surface area contributed by atoms with Crippen LogP contribution in [0.4, 0.5) is 0 Å². The van der Waals surface area contributed by atoms with Crippen molar-refractivity contribution < 1.29 is 13.2 Å². The summed E-state index contributed by atoms with van der Waals surface area (Å²) >= 11 is 0. The number of hydrogen-bond donors (Lipinski definition) is 0. The molecule has 6 heteroatoms. The van der Waals surface area contributed by atoms with E-state index in [1.165, 1.54) is 6.08 Å². The molecule has 0 fully saturated rings. The maximum absolute atomic E-state index is 11.5. The number of benzene rings is 1. The molecule has 0 bridgehead atoms. The molecule has 4 nitrogen and oxygen atoms in total. The molecule has 82 valence electrons. The minimum absolute atomic E-state index is 0.0219. The molecule has 1 aromatic rings. The molecule has 0 N–H and O–H groups in total. The van der Waals surface area contributed by atoms with Gasteiger partial charge in [0.1, 0.15) is 0 Å². The lowest BCUT2D eigenvalue weighted by molar-refractivity contribution is -0.00593. The van der Waals surface area contributed by atoms with Gasteiger partial charge in [-0.3, -0.25) is 0 Å². The van der Waals surface area contributed by atoms with E-state index < -0.39 is 14.3 Å². The third-order valence-corrected chi connectivity index (χ3v) is 3.97. The fraction of sp³-hybridized carbons (Fsp3) is 0.100. The molecule has 1 aromatic carbocycles. The van der Waals surface area contributed by atoms with Crippen LogP contribution in [0.15, 0.2) is 30.3 Å². The van der Waals surface area contributed by atoms with Gasteiger partial charge in [0.2, 0.25) is 5.25 Å². The van der Waals surface area contributed by atoms with E-state index in [4.69, 9.17) is 16.2 Å². The summed E-state index contributed by atoms with van der Waals surface area (Å²) in [5.74, 6) is 0. The van der Waals surface area contributed by atoms with Crippen molar-refractivity contribution in [3.8, 4) is 0 Å². The van der Waals surface area contributed by atoms with Gasteiger partial charge in [-0.15, -0.1) is 0 Å². The third-order valence-electron chi connectivity index (χ3n) is 2.38. The van der Waals surface area contributed by atoms with E-state index in [0.717, 1.165) is 5.56 Å². The molecule has 1 aliphatic carbocycles. The van der Waals surface area contributed by atoms with Crippen molar-refractivity contribution >= 4 is 31.5 Å². The van der Waals surface area contributed by atoms with Gasteiger partial charge in [-0.1, -0.05) is 24.3 Å². The van der Waals surface area contributed by atoms with Crippen molar-refractivity contribution in [2.75, 3.05) is 0 Å². The molecule has 0 amide bonds. The average Bonchev–Trinajstić information content (AvgIpc) is 2.26. The number of nitrogens with zero attached hydrogens (tertiary/aromatic N) is 2. The molecule has 1 atom stereocenters. The highest BCUT2D eigenvalue weighted by Gasteiger charge is 2.38. The number of fused-ring (bicyclic) bond motifs is 1. The van der Waals surface area contributed by atoms with Crippen LogP contribution in [0.2, 0.25) is 0 Å². The van der Waals surface area contributed by atoms with E-state index in [2.05, 4.69) is 4.79 Å². The van der Waals surface area contributed by atoms with Crippen molar-refractivity contribution in [3.63, 3.8) is 0 Å². The van der Waals surface area contributed by atoms with Gasteiger partial charge in [0.05, 0.1) is 0 Å². The van der Waals surface area contributed by atoms with Gasteiger partial charge in [-0.05, 0) is 17.2 Å². The van der Waals surface area contributed by atoms with Crippen LogP contribution in [0.3, 0.4) is 0 Å². The third kappa shape index (κ3) is 1.80. The Morgan fingerprint density at radius 1 is 1.25 bits per heavy atom. The van der Waals surface area contributed by atoms with Crippen LogP contribution in [0.5, 0.6) is 0 Å². The summed E-state index contributed by atoms with van der Waals surface area (Å²) in [6.07, 6.45) is 3.12. The molecular formula is C10H7ClN2O2S. The van der Waals surface area contributed by atoms with E-state index in [0.29, 0.717) is 5.56 Å². The Balaban J connectivity index is 2.74. The Morgan fingerprint density at radius 3 is 2.56 bits per heavy atom. The first-order chi connectivity index (χ1) is 7.54. The van der Waals surface area contributed by atoms with Gasteiger partial charge in [-0.25, -0.2) is 8.42 Å². The fourth-order valence-electron chi connectivity index (χ4n) is 1.70. The first-order valence-corrected chi connectivity index (χ1v) is 6.83. The van der Waals surface area contributed by atoms with Crippen molar-refractivity contribution in [2.45, 2.75) is 5.25 Å². The van der Waals surface area contributed by atoms with Gasteiger partial charge < -0.3 is 5.53 Å². The van der Waals surface area contributed by atoms with Gasteiger partial charge in [0.15, 0.2) is 0 Å². The summed E-state index contributed by atoms with van der Waals surface area (Å²) in [5, 5.41) is -1.11. The molecule has 0 saturated heterocycles. The molecule has 0 saturated carbocycles. The summed E-state index contributed by atoms with van der Waals surface area (Å²) in [4.78, 5) is 2.96. The van der Waals surface area contributed by atoms with Crippen LogP contribution in [0.1, 0.15) is 16.4 Å². The highest BCUT2D eigenvalue weighted by molar-refractivity contribution is 8.14. The summed E-state index contributed by atoms with van der Waals surface area (Å²) in [6, 6.07) is 6.92. The van der Waals surface area contributed by atoms with Crippen LogP contribution >= 0.6 is 10.7 Å². The smallest absolute Gasteiger partial charge is 0.315 e. The molecule has 0 aromatic heterocycles. The number of hydrogen-bond acceptors (Lipinski definition) is 2. The van der Waals surface area contributed by atoms with Gasteiger partial charge in [0.25, 0.3) is 9.05 Å². The Labute approximate surface area is 97.2 Å². The molecule has 0 spiro atoms. The normalized spacial score (nSPS) is 19.1. The van der Waals surface area contributed by atoms with Gasteiger partial charge >= 0.3 is 5.71 Å². The van der Waals surface area contributed by atoms with E-state index in [9.17, 15) is 8.42 Å². The lowest BCUT2D eigenvalue weighted by Gasteiger charge is -2.14. The maximum Gasteiger partial charge on any atom is 0.315 e. The highest BCUT2D eigenvalue weighted by atomic mass is 35.7. The SMILES string of the molecule is [N-]=[N+]=C1C=Cc2ccccc2C1S(=O)(=O)Cl. The average molecular weight is 255 g/mol. The summed E-state index contributed by atoms with van der Waals surface area (Å²) < 4.78 is 22.9. The topological polar surface area (TPSA) is 70.5 Å². The summed E-state index contributed by atoms with van der Waals surface area (Å²) in [7, 11) is 1.49. The minimum atomic E-state index is -3.87. The van der Waals surface area contributed by atoms with Crippen LogP contribution in [0, 0.1) is 0 Å². The lowest BCUT2D eigenvalue weighted by atomic mass is 9.96. The molecular weight excluding hydrogens is 248 g/mol. The van der Waals surface area contributed by atoms with Gasteiger partial charge in [0, 0.05) is 16.8 Å². The number of rotatable bonds is 1. The fourth-order valence-corrected chi connectivity index (χ4v) is 3.20. The first kappa shape index (κ1) is 11.1. The predicted octanol–water partition coefficient (Wildman–Crippen LogP) is 1.99. The van der Waals surface area contributed by atoms with E-state index in [1.54, 1.807) is 30.3 Å². The zero-order valence-electron chi connectivity index (χ0n) is 8.04. The van der Waals surface area contributed by atoms with Crippen LogP contribution in [-0.4, -0.2) is 18.9 Å². The first-order valence-electron chi connectivity index (χ1n) is 4.46. The summed E-state index contributed by atoms with van der Waals surface area (Å²) in [6.45, 7) is 0. The van der Waals surface area contributed by atoms with E-state index in [-0.39, 0.29) is 5.71 Å². The Bertz CT molecular complexity index is 615. The summed E-state index contributed by atoms with van der Waals surface area (Å²) in [5.41, 5.74) is 10.1. The molecule has 0 heterocycles. The van der Waals surface area contributed by atoms with Crippen molar-refractivity contribution in [3.05, 3.63) is 47.0 Å². The zero-order chi connectivity index (χ0) is 11.8. The van der Waals surface area contributed by atoms with Crippen molar-refractivity contribution in [1.29, 1.82) is 0 Å². The van der Waals surface area contributed by atoms with E-state index >= 15 is 0 Å². The van der Waals surface area contributed by atoms with Gasteiger partial charge in [-0.2, -0.15) is 4.79 Å². The highest BCUT2D eigenvalue weighted by Crippen LogP contribution is 2.33. The van der Waals surface area contributed by atoms with Crippen molar-refractivity contribution in [1.82, 2.24) is 0 Å². The number of halogens is 1. The van der Waals surface area contributed by atoms with E-state index in [1.807, 2.05) is 0 Å². The largest absolute Gasteiger partial charge is 0.361 e. The number of allylic oxidation sites excluding steroid dienone is 1. The quantitative estimate of drug-likeness (QED) is 0.437. The zero-order valence-corrected chi connectivity index (χ0v) is 9.61. The molecule has 0 radical (unpaired) electrons. The Morgan fingerprint density at radius 2 is 1.94 bits per heavy atom. The Kier molecular flexibility index (Phi) is 2.68. The Hall–Kier alpha value is -1.42. The second kappa shape index (κ2) is 3.87. The van der Waals surface area contributed by atoms with Crippen LogP contribution in [-0.2, 0) is 9.05 Å². The minimum Gasteiger partial charge on any atom is -0.361 e. The molecule has 1 aliphatic rings. The van der Waals surface area contributed by atoms with Crippen LogP contribution in [0.25, 0.3) is 11.6 Å². The molecule has 1 unspecified atom stereocenters. The molecule has 0 aliphatic heterocycles. The lowest BCUT2D eigenvalue weighted by Crippen LogP contribution is -2.21. The predicted molar refractivity (Wildman–Crippen MR) is 61.6 cm³/mol. The molecule has 16 heavy (non-hydrogen) atoms. The standard InChI is InChI=1S/C10H7ClN2O2S/c11-16(14,15)10-8-4-2-1-3-7(8)5-6-9(10)13-12/h1-6,10H.